The van der Waals surface area contributed by atoms with Gasteiger partial charge in [0.15, 0.2) is 11.0 Å². The Hall–Kier alpha value is -2.67. The van der Waals surface area contributed by atoms with Crippen LogP contribution in [-0.2, 0) is 0 Å². The second-order valence-corrected chi connectivity index (χ2v) is 6.80. The molecule has 2 heterocycles. The van der Waals surface area contributed by atoms with E-state index in [1.807, 2.05) is 24.3 Å². The zero-order chi connectivity index (χ0) is 17.4. The van der Waals surface area contributed by atoms with Gasteiger partial charge in [0.2, 0.25) is 5.91 Å². The van der Waals surface area contributed by atoms with Crippen molar-refractivity contribution in [3.8, 4) is 17.1 Å². The van der Waals surface area contributed by atoms with E-state index in [1.165, 1.54) is 23.9 Å². The average molecular weight is 355 g/mol. The Bertz CT molecular complexity index is 922. The van der Waals surface area contributed by atoms with Crippen LogP contribution in [-0.4, -0.2) is 27.8 Å². The predicted octanol–water partition coefficient (Wildman–Crippen LogP) is 3.97. The molecule has 0 bridgehead atoms. The van der Waals surface area contributed by atoms with E-state index >= 15 is 0 Å². The highest BCUT2D eigenvalue weighted by Gasteiger charge is 2.31. The zero-order valence-electron chi connectivity index (χ0n) is 13.3. The van der Waals surface area contributed by atoms with Crippen molar-refractivity contribution in [3.63, 3.8) is 0 Å². The Morgan fingerprint density at radius 3 is 2.52 bits per heavy atom. The van der Waals surface area contributed by atoms with E-state index in [1.54, 1.807) is 23.8 Å². The van der Waals surface area contributed by atoms with Crippen LogP contribution in [0.4, 0.5) is 4.39 Å². The molecule has 0 N–H and O–H groups in total. The van der Waals surface area contributed by atoms with Gasteiger partial charge in [0.05, 0.1) is 7.11 Å². The van der Waals surface area contributed by atoms with Crippen LogP contribution in [0.5, 0.6) is 5.75 Å². The van der Waals surface area contributed by atoms with Crippen molar-refractivity contribution in [2.75, 3.05) is 7.11 Å². The van der Waals surface area contributed by atoms with E-state index in [0.717, 1.165) is 16.9 Å². The summed E-state index contributed by atoms with van der Waals surface area (Å²) in [6.45, 7) is 0. The smallest absolute Gasteiger partial charge is 0.235 e. The number of hydrogen-bond acceptors (Lipinski definition) is 5. The highest BCUT2D eigenvalue weighted by atomic mass is 32.2. The molecule has 126 valence electrons. The average Bonchev–Trinajstić information content (AvgIpc) is 3.07. The molecule has 0 spiro atoms. The van der Waals surface area contributed by atoms with Gasteiger partial charge in [-0.05, 0) is 42.0 Å². The van der Waals surface area contributed by atoms with Gasteiger partial charge in [-0.3, -0.25) is 4.79 Å². The van der Waals surface area contributed by atoms with Crippen molar-refractivity contribution >= 4 is 17.7 Å². The Labute approximate surface area is 147 Å². The first-order valence-electron chi connectivity index (χ1n) is 7.71. The van der Waals surface area contributed by atoms with Gasteiger partial charge in [0, 0.05) is 17.2 Å². The van der Waals surface area contributed by atoms with Crippen LogP contribution in [0.2, 0.25) is 0 Å². The number of halogens is 1. The molecule has 0 unspecified atom stereocenters. The quantitative estimate of drug-likeness (QED) is 0.711. The molecule has 5 nitrogen and oxygen atoms in total. The number of rotatable bonds is 3. The standard InChI is InChI=1S/C18H14FN3O2S/c1-24-14-8-4-12(5-9-14)17-20-21-18-22(17)16(23)10-15(25-18)11-2-6-13(19)7-3-11/h2-9,15H,10H2,1H3/t15-/m1/s1. The van der Waals surface area contributed by atoms with Crippen molar-refractivity contribution in [1.82, 2.24) is 14.8 Å². The summed E-state index contributed by atoms with van der Waals surface area (Å²) in [7, 11) is 1.60. The molecule has 1 aliphatic heterocycles. The van der Waals surface area contributed by atoms with E-state index in [2.05, 4.69) is 10.2 Å². The van der Waals surface area contributed by atoms with E-state index in [4.69, 9.17) is 4.74 Å². The number of carbonyl (C=O) groups is 1. The van der Waals surface area contributed by atoms with Crippen molar-refractivity contribution in [2.24, 2.45) is 0 Å². The molecule has 0 amide bonds. The molecule has 25 heavy (non-hydrogen) atoms. The number of thioether (sulfide) groups is 1. The number of hydrogen-bond donors (Lipinski definition) is 0. The first-order chi connectivity index (χ1) is 12.2. The van der Waals surface area contributed by atoms with Crippen molar-refractivity contribution in [2.45, 2.75) is 16.8 Å². The molecule has 1 atom stereocenters. The second kappa shape index (κ2) is 6.33. The van der Waals surface area contributed by atoms with Gasteiger partial charge < -0.3 is 4.74 Å². The summed E-state index contributed by atoms with van der Waals surface area (Å²) in [5.74, 6) is 0.895. The monoisotopic (exact) mass is 355 g/mol. The van der Waals surface area contributed by atoms with Crippen LogP contribution in [0.15, 0.2) is 53.7 Å². The molecule has 0 radical (unpaired) electrons. The van der Waals surface area contributed by atoms with Crippen molar-refractivity contribution < 1.29 is 13.9 Å². The zero-order valence-corrected chi connectivity index (χ0v) is 14.2. The van der Waals surface area contributed by atoms with Crippen LogP contribution >= 0.6 is 11.8 Å². The van der Waals surface area contributed by atoms with E-state index in [9.17, 15) is 9.18 Å². The lowest BCUT2D eigenvalue weighted by Crippen LogP contribution is -2.20. The number of carbonyl (C=O) groups excluding carboxylic acids is 1. The molecule has 1 aromatic heterocycles. The van der Waals surface area contributed by atoms with Gasteiger partial charge in [0.1, 0.15) is 11.6 Å². The summed E-state index contributed by atoms with van der Waals surface area (Å²) < 4.78 is 19.8. The highest BCUT2D eigenvalue weighted by molar-refractivity contribution is 7.99. The molecule has 0 saturated carbocycles. The maximum atomic E-state index is 13.1. The maximum Gasteiger partial charge on any atom is 0.235 e. The minimum Gasteiger partial charge on any atom is -0.497 e. The lowest BCUT2D eigenvalue weighted by atomic mass is 10.1. The normalized spacial score (nSPS) is 16.6. The maximum absolute atomic E-state index is 13.1. The number of benzene rings is 2. The summed E-state index contributed by atoms with van der Waals surface area (Å²) in [5.41, 5.74) is 1.70. The van der Waals surface area contributed by atoms with Gasteiger partial charge in [-0.15, -0.1) is 10.2 Å². The Balaban J connectivity index is 1.66. The topological polar surface area (TPSA) is 57.0 Å². The van der Waals surface area contributed by atoms with Gasteiger partial charge in [-0.1, -0.05) is 23.9 Å². The lowest BCUT2D eigenvalue weighted by molar-refractivity contribution is 0.0888. The van der Waals surface area contributed by atoms with Crippen LogP contribution in [0, 0.1) is 5.82 Å². The minimum absolute atomic E-state index is 0.0705. The SMILES string of the molecule is COc1ccc(-c2nnc3n2C(=O)C[C@H](c2ccc(F)cc2)S3)cc1. The minimum atomic E-state index is -0.291. The van der Waals surface area contributed by atoms with Crippen LogP contribution in [0.25, 0.3) is 11.4 Å². The van der Waals surface area contributed by atoms with E-state index in [0.29, 0.717) is 17.4 Å². The summed E-state index contributed by atoms with van der Waals surface area (Å²) in [6, 6.07) is 13.6. The fourth-order valence-electron chi connectivity index (χ4n) is 2.78. The molecule has 1 aliphatic rings. The molecular formula is C18H14FN3O2S. The molecular weight excluding hydrogens is 341 g/mol. The summed E-state index contributed by atoms with van der Waals surface area (Å²) in [5, 5.41) is 8.82. The molecule has 4 rings (SSSR count). The predicted molar refractivity (Wildman–Crippen MR) is 92.3 cm³/mol. The highest BCUT2D eigenvalue weighted by Crippen LogP contribution is 2.42. The van der Waals surface area contributed by atoms with Crippen LogP contribution < -0.4 is 4.74 Å². The fraction of sp³-hybridized carbons (Fsp3) is 0.167. The van der Waals surface area contributed by atoms with Gasteiger partial charge in [-0.2, -0.15) is 0 Å². The van der Waals surface area contributed by atoms with Gasteiger partial charge >= 0.3 is 0 Å². The van der Waals surface area contributed by atoms with Gasteiger partial charge in [-0.25, -0.2) is 8.96 Å². The largest absolute Gasteiger partial charge is 0.497 e. The molecule has 0 aliphatic carbocycles. The molecule has 3 aromatic rings. The third kappa shape index (κ3) is 2.91. The molecule has 0 fully saturated rings. The van der Waals surface area contributed by atoms with Crippen molar-refractivity contribution in [3.05, 3.63) is 59.9 Å². The number of fused-ring (bicyclic) bond motifs is 1. The molecule has 7 heteroatoms. The summed E-state index contributed by atoms with van der Waals surface area (Å²) in [4.78, 5) is 12.7. The van der Waals surface area contributed by atoms with Gasteiger partial charge in [0.25, 0.3) is 0 Å². The lowest BCUT2D eigenvalue weighted by Gasteiger charge is -2.22. The summed E-state index contributed by atoms with van der Waals surface area (Å²) >= 11 is 1.46. The number of methoxy groups -OCH3 is 1. The third-order valence-corrected chi connectivity index (χ3v) is 5.28. The Morgan fingerprint density at radius 1 is 1.12 bits per heavy atom. The van der Waals surface area contributed by atoms with E-state index < -0.39 is 0 Å². The van der Waals surface area contributed by atoms with Crippen molar-refractivity contribution in [1.29, 1.82) is 0 Å². The fourth-order valence-corrected chi connectivity index (χ4v) is 3.94. The molecule has 0 saturated heterocycles. The summed E-state index contributed by atoms with van der Waals surface area (Å²) in [6.07, 6.45) is 0.310. The first-order valence-corrected chi connectivity index (χ1v) is 8.59. The number of ether oxygens (including phenoxy) is 1. The van der Waals surface area contributed by atoms with Crippen LogP contribution in [0.1, 0.15) is 22.0 Å². The Morgan fingerprint density at radius 2 is 1.84 bits per heavy atom. The number of nitrogens with zero attached hydrogens (tertiary/aromatic N) is 3. The number of aromatic nitrogens is 3. The second-order valence-electron chi connectivity index (χ2n) is 5.63. The third-order valence-electron chi connectivity index (χ3n) is 4.08. The molecule has 2 aromatic carbocycles. The Kier molecular flexibility index (Phi) is 4.01. The first kappa shape index (κ1) is 15.8. The van der Waals surface area contributed by atoms with Crippen LogP contribution in [0.3, 0.4) is 0 Å². The van der Waals surface area contributed by atoms with E-state index in [-0.39, 0.29) is 17.0 Å².